The van der Waals surface area contributed by atoms with E-state index in [1.54, 1.807) is 6.07 Å². The Kier molecular flexibility index (Phi) is 4.89. The van der Waals surface area contributed by atoms with Crippen LogP contribution in [0.1, 0.15) is 38.2 Å². The number of carbonyl (C=O) groups excluding carboxylic acids is 2. The first-order valence-corrected chi connectivity index (χ1v) is 8.72. The molecule has 2 rings (SSSR count). The third-order valence-corrected chi connectivity index (χ3v) is 5.40. The summed E-state index contributed by atoms with van der Waals surface area (Å²) >= 11 is 5.99. The summed E-state index contributed by atoms with van der Waals surface area (Å²) in [6.45, 7) is 3.88. The van der Waals surface area contributed by atoms with E-state index >= 15 is 0 Å². The number of rotatable bonds is 4. The monoisotopic (exact) mass is 344 g/mol. The van der Waals surface area contributed by atoms with Gasteiger partial charge in [-0.25, -0.2) is 8.42 Å². The van der Waals surface area contributed by atoms with E-state index < -0.39 is 27.9 Å². The van der Waals surface area contributed by atoms with E-state index in [9.17, 15) is 18.0 Å². The van der Waals surface area contributed by atoms with Crippen molar-refractivity contribution in [3.8, 4) is 0 Å². The van der Waals surface area contributed by atoms with E-state index in [0.29, 0.717) is 0 Å². The Balaban J connectivity index is 2.29. The second-order valence-corrected chi connectivity index (χ2v) is 7.56. The normalized spacial score (nSPS) is 19.4. The molecule has 0 aromatic heterocycles. The van der Waals surface area contributed by atoms with Gasteiger partial charge in [-0.15, -0.1) is 0 Å². The molecule has 120 valence electrons. The predicted octanol–water partition coefficient (Wildman–Crippen LogP) is 1.55. The molecule has 22 heavy (non-hydrogen) atoms. The Hall–Kier alpha value is -1.44. The van der Waals surface area contributed by atoms with Crippen LogP contribution in [-0.4, -0.2) is 26.3 Å². The molecule has 1 atom stereocenters. The summed E-state index contributed by atoms with van der Waals surface area (Å²) in [6, 6.07) is 3.82. The summed E-state index contributed by atoms with van der Waals surface area (Å²) in [5.74, 6) is -0.905. The van der Waals surface area contributed by atoms with Gasteiger partial charge in [-0.2, -0.15) is 4.72 Å². The molecule has 1 aromatic carbocycles. The number of hydrogen-bond acceptors (Lipinski definition) is 4. The first-order valence-electron chi connectivity index (χ1n) is 6.86. The molecule has 2 N–H and O–H groups in total. The number of amides is 2. The number of piperidine rings is 1. The number of halogens is 1. The first-order chi connectivity index (χ1) is 10.2. The lowest BCUT2D eigenvalue weighted by Crippen LogP contribution is -2.52. The Bertz CT molecular complexity index is 716. The van der Waals surface area contributed by atoms with E-state index in [0.717, 1.165) is 5.56 Å². The van der Waals surface area contributed by atoms with Crippen LogP contribution in [0, 0.1) is 0 Å². The minimum absolute atomic E-state index is 0.0648. The van der Waals surface area contributed by atoms with Gasteiger partial charge in [0.2, 0.25) is 21.8 Å². The van der Waals surface area contributed by atoms with Crippen molar-refractivity contribution in [3.05, 3.63) is 28.8 Å². The van der Waals surface area contributed by atoms with Crippen molar-refractivity contribution in [3.63, 3.8) is 0 Å². The van der Waals surface area contributed by atoms with Gasteiger partial charge in [0.05, 0.1) is 5.02 Å². The topological polar surface area (TPSA) is 92.3 Å². The molecule has 0 saturated carbocycles. The second kappa shape index (κ2) is 6.36. The van der Waals surface area contributed by atoms with Crippen LogP contribution in [0.3, 0.4) is 0 Å². The van der Waals surface area contributed by atoms with Crippen LogP contribution in [0.25, 0.3) is 0 Å². The van der Waals surface area contributed by atoms with Crippen molar-refractivity contribution in [1.82, 2.24) is 10.0 Å². The van der Waals surface area contributed by atoms with Gasteiger partial charge in [-0.05, 0) is 30.0 Å². The van der Waals surface area contributed by atoms with Gasteiger partial charge in [0, 0.05) is 6.42 Å². The SMILES string of the molecule is CC(C)c1ccc(Cl)c(S(=O)(=O)NC2CCC(=O)NC2=O)c1. The van der Waals surface area contributed by atoms with E-state index in [-0.39, 0.29) is 28.7 Å². The zero-order valence-corrected chi connectivity index (χ0v) is 13.8. The standard InChI is InChI=1S/C14H17ClN2O4S/c1-8(2)9-3-4-10(15)12(7-9)22(20,21)17-11-5-6-13(18)16-14(11)19/h3-4,7-8,11,17H,5-6H2,1-2H3,(H,16,18,19). The van der Waals surface area contributed by atoms with Crippen LogP contribution in [-0.2, 0) is 19.6 Å². The molecule has 1 saturated heterocycles. The summed E-state index contributed by atoms with van der Waals surface area (Å²) < 4.78 is 27.2. The minimum Gasteiger partial charge on any atom is -0.295 e. The van der Waals surface area contributed by atoms with Crippen molar-refractivity contribution in [2.75, 3.05) is 0 Å². The fourth-order valence-corrected chi connectivity index (χ4v) is 3.91. The first kappa shape index (κ1) is 16.9. The molecule has 0 radical (unpaired) electrons. The van der Waals surface area contributed by atoms with Crippen LogP contribution in [0.2, 0.25) is 5.02 Å². The zero-order chi connectivity index (χ0) is 16.5. The van der Waals surface area contributed by atoms with Crippen LogP contribution < -0.4 is 10.0 Å². The highest BCUT2D eigenvalue weighted by Crippen LogP contribution is 2.26. The average molecular weight is 345 g/mol. The largest absolute Gasteiger partial charge is 0.295 e. The molecule has 1 aromatic rings. The van der Waals surface area contributed by atoms with Crippen molar-refractivity contribution in [2.45, 2.75) is 43.5 Å². The number of carbonyl (C=O) groups is 2. The highest BCUT2D eigenvalue weighted by Gasteiger charge is 2.31. The number of hydrogen-bond donors (Lipinski definition) is 2. The molecule has 8 heteroatoms. The van der Waals surface area contributed by atoms with Gasteiger partial charge in [0.1, 0.15) is 10.9 Å². The van der Waals surface area contributed by atoms with Gasteiger partial charge >= 0.3 is 0 Å². The second-order valence-electron chi connectivity index (χ2n) is 5.47. The van der Waals surface area contributed by atoms with E-state index in [2.05, 4.69) is 10.0 Å². The van der Waals surface area contributed by atoms with Gasteiger partial charge in [0.15, 0.2) is 0 Å². The molecular weight excluding hydrogens is 328 g/mol. The molecule has 1 aliphatic rings. The number of benzene rings is 1. The van der Waals surface area contributed by atoms with Gasteiger partial charge in [0.25, 0.3) is 0 Å². The maximum absolute atomic E-state index is 12.5. The molecule has 0 spiro atoms. The van der Waals surface area contributed by atoms with Crippen LogP contribution in [0.15, 0.2) is 23.1 Å². The van der Waals surface area contributed by atoms with Gasteiger partial charge in [-0.3, -0.25) is 14.9 Å². The molecule has 2 amide bonds. The number of sulfonamides is 1. The molecule has 1 fully saturated rings. The Labute approximate surface area is 134 Å². The fourth-order valence-electron chi connectivity index (χ4n) is 2.14. The Morgan fingerprint density at radius 1 is 1.32 bits per heavy atom. The van der Waals surface area contributed by atoms with Crippen LogP contribution >= 0.6 is 11.6 Å². The van der Waals surface area contributed by atoms with Gasteiger partial charge < -0.3 is 0 Å². The van der Waals surface area contributed by atoms with E-state index in [1.807, 2.05) is 13.8 Å². The zero-order valence-electron chi connectivity index (χ0n) is 12.2. The van der Waals surface area contributed by atoms with E-state index in [4.69, 9.17) is 11.6 Å². The average Bonchev–Trinajstić information content (AvgIpc) is 2.42. The van der Waals surface area contributed by atoms with Gasteiger partial charge in [-0.1, -0.05) is 31.5 Å². The third kappa shape index (κ3) is 3.66. The number of imide groups is 1. The molecule has 6 nitrogen and oxygen atoms in total. The third-order valence-electron chi connectivity index (χ3n) is 3.45. The van der Waals surface area contributed by atoms with Crippen LogP contribution in [0.4, 0.5) is 0 Å². The highest BCUT2D eigenvalue weighted by atomic mass is 35.5. The van der Waals surface area contributed by atoms with Crippen molar-refractivity contribution in [2.24, 2.45) is 0 Å². The molecule has 1 aliphatic heterocycles. The maximum Gasteiger partial charge on any atom is 0.244 e. The Morgan fingerprint density at radius 2 is 2.00 bits per heavy atom. The number of nitrogens with one attached hydrogen (secondary N) is 2. The molecule has 1 unspecified atom stereocenters. The van der Waals surface area contributed by atoms with Crippen molar-refractivity contribution >= 4 is 33.4 Å². The smallest absolute Gasteiger partial charge is 0.244 e. The quantitative estimate of drug-likeness (QED) is 0.810. The lowest BCUT2D eigenvalue weighted by atomic mass is 10.0. The predicted molar refractivity (Wildman–Crippen MR) is 82.0 cm³/mol. The lowest BCUT2D eigenvalue weighted by Gasteiger charge is -2.22. The summed E-state index contributed by atoms with van der Waals surface area (Å²) in [7, 11) is -3.95. The van der Waals surface area contributed by atoms with Crippen molar-refractivity contribution in [1.29, 1.82) is 0 Å². The van der Waals surface area contributed by atoms with Crippen molar-refractivity contribution < 1.29 is 18.0 Å². The summed E-state index contributed by atoms with van der Waals surface area (Å²) in [5, 5.41) is 2.20. The minimum atomic E-state index is -3.95. The fraction of sp³-hybridized carbons (Fsp3) is 0.429. The molecule has 0 bridgehead atoms. The maximum atomic E-state index is 12.5. The molecule has 1 heterocycles. The highest BCUT2D eigenvalue weighted by molar-refractivity contribution is 7.89. The molecule has 0 aliphatic carbocycles. The summed E-state index contributed by atoms with van der Waals surface area (Å²) in [6.07, 6.45) is 0.226. The van der Waals surface area contributed by atoms with E-state index in [1.165, 1.54) is 12.1 Å². The summed E-state index contributed by atoms with van der Waals surface area (Å²) in [5.41, 5.74) is 0.827. The summed E-state index contributed by atoms with van der Waals surface area (Å²) in [4.78, 5) is 22.7. The Morgan fingerprint density at radius 3 is 2.59 bits per heavy atom. The molecular formula is C14H17ClN2O4S. The van der Waals surface area contributed by atoms with Crippen LogP contribution in [0.5, 0.6) is 0 Å². The lowest BCUT2D eigenvalue weighted by molar-refractivity contribution is -0.134.